The van der Waals surface area contributed by atoms with E-state index in [1.165, 1.54) is 0 Å². The number of allylic oxidation sites excluding steroid dienone is 2. The van der Waals surface area contributed by atoms with Crippen LogP contribution in [0, 0.1) is 5.92 Å². The molecule has 100 valence electrons. The maximum Gasteiger partial charge on any atom is 0.0715 e. The number of hydrogen-bond acceptors (Lipinski definition) is 3. The van der Waals surface area contributed by atoms with Crippen molar-refractivity contribution >= 4 is 11.7 Å². The molecule has 1 aliphatic carbocycles. The zero-order valence-corrected chi connectivity index (χ0v) is 11.1. The lowest BCUT2D eigenvalue weighted by Gasteiger charge is -2.37. The van der Waals surface area contributed by atoms with Crippen molar-refractivity contribution in [3.8, 4) is 0 Å². The van der Waals surface area contributed by atoms with Crippen LogP contribution >= 0.6 is 0 Å². The van der Waals surface area contributed by atoms with Gasteiger partial charge in [-0.3, -0.25) is 0 Å². The van der Waals surface area contributed by atoms with Crippen molar-refractivity contribution in [2.75, 3.05) is 5.32 Å². The Kier molecular flexibility index (Phi) is 3.05. The summed E-state index contributed by atoms with van der Waals surface area (Å²) in [6, 6.07) is 5.77. The fourth-order valence-electron chi connectivity index (χ4n) is 3.42. The van der Waals surface area contributed by atoms with Gasteiger partial charge in [0.15, 0.2) is 0 Å². The highest BCUT2D eigenvalue weighted by Crippen LogP contribution is 2.45. The van der Waals surface area contributed by atoms with Crippen LogP contribution in [0.1, 0.15) is 48.0 Å². The predicted octanol–water partition coefficient (Wildman–Crippen LogP) is 2.30. The van der Waals surface area contributed by atoms with Crippen LogP contribution in [0.25, 0.3) is 0 Å². The Labute approximate surface area is 113 Å². The summed E-state index contributed by atoms with van der Waals surface area (Å²) in [6.45, 7) is 2.20. The van der Waals surface area contributed by atoms with Gasteiger partial charge in [-0.15, -0.1) is 0 Å². The third-order valence-corrected chi connectivity index (χ3v) is 4.32. The van der Waals surface area contributed by atoms with Gasteiger partial charge in [-0.05, 0) is 42.0 Å². The normalized spacial score (nSPS) is 27.5. The minimum atomic E-state index is -1.10. The van der Waals surface area contributed by atoms with Crippen LogP contribution in [0.15, 0.2) is 30.4 Å². The van der Waals surface area contributed by atoms with Gasteiger partial charge in [-0.2, -0.15) is 0 Å². The number of carbonyl (C=O) groups excluding carboxylic acids is 1. The van der Waals surface area contributed by atoms with Crippen LogP contribution in [0.3, 0.4) is 0 Å². The number of nitrogens with one attached hydrogen (secondary N) is 1. The van der Waals surface area contributed by atoms with Crippen molar-refractivity contribution in [1.29, 1.82) is 0 Å². The molecule has 1 N–H and O–H groups in total. The van der Waals surface area contributed by atoms with Gasteiger partial charge in [0.2, 0.25) is 0 Å². The molecule has 0 spiro atoms. The van der Waals surface area contributed by atoms with Gasteiger partial charge < -0.3 is 15.2 Å². The minimum Gasteiger partial charge on any atom is -0.545 e. The van der Waals surface area contributed by atoms with E-state index >= 15 is 0 Å². The summed E-state index contributed by atoms with van der Waals surface area (Å²) in [5, 5.41) is 14.6. The number of fused-ring (bicyclic) bond motifs is 3. The van der Waals surface area contributed by atoms with Gasteiger partial charge >= 0.3 is 0 Å². The number of carboxylic acid groups (broad SMARTS) is 1. The molecule has 3 unspecified atom stereocenters. The summed E-state index contributed by atoms with van der Waals surface area (Å²) in [5.74, 6) is -0.187. The van der Waals surface area contributed by atoms with Gasteiger partial charge in [0.1, 0.15) is 0 Å². The fourth-order valence-corrected chi connectivity index (χ4v) is 3.42. The lowest BCUT2D eigenvalue weighted by Crippen LogP contribution is -2.36. The molecule has 0 saturated carbocycles. The van der Waals surface area contributed by atoms with E-state index in [-0.39, 0.29) is 5.56 Å². The van der Waals surface area contributed by atoms with Crippen molar-refractivity contribution in [2.45, 2.75) is 38.1 Å². The summed E-state index contributed by atoms with van der Waals surface area (Å²) in [4.78, 5) is 11.0. The standard InChI is InChI=1S/C16H19NO2/c1-2-4-14-12-6-3-5-11(12)13-9-10(16(18)19)7-8-15(13)17-14/h3,5,7-9,11-12,14,17H,2,4,6H2,1H3,(H,18,19)/p-1. The Hall–Kier alpha value is -1.77. The van der Waals surface area contributed by atoms with E-state index in [1.54, 1.807) is 12.1 Å². The number of carbonyl (C=O) groups is 1. The second-order valence-corrected chi connectivity index (χ2v) is 5.48. The molecule has 0 radical (unpaired) electrons. The second-order valence-electron chi connectivity index (χ2n) is 5.48. The first kappa shape index (κ1) is 12.3. The van der Waals surface area contributed by atoms with E-state index in [4.69, 9.17) is 0 Å². The molecule has 19 heavy (non-hydrogen) atoms. The largest absolute Gasteiger partial charge is 0.545 e. The zero-order valence-electron chi connectivity index (χ0n) is 11.1. The van der Waals surface area contributed by atoms with E-state index < -0.39 is 5.97 Å². The third kappa shape index (κ3) is 2.03. The molecule has 3 atom stereocenters. The number of hydrogen-bond donors (Lipinski definition) is 1. The Morgan fingerprint density at radius 3 is 3.05 bits per heavy atom. The smallest absolute Gasteiger partial charge is 0.0715 e. The molecular weight excluding hydrogens is 238 g/mol. The molecular formula is C16H18NO2-. The van der Waals surface area contributed by atoms with Gasteiger partial charge in [-0.1, -0.05) is 31.6 Å². The number of rotatable bonds is 3. The van der Waals surface area contributed by atoms with Crippen molar-refractivity contribution < 1.29 is 9.90 Å². The first-order chi connectivity index (χ1) is 9.20. The van der Waals surface area contributed by atoms with E-state index in [1.807, 2.05) is 6.07 Å². The quantitative estimate of drug-likeness (QED) is 0.844. The average molecular weight is 256 g/mol. The Balaban J connectivity index is 2.00. The molecule has 1 aromatic carbocycles. The summed E-state index contributed by atoms with van der Waals surface area (Å²) in [7, 11) is 0. The summed E-state index contributed by atoms with van der Waals surface area (Å²) < 4.78 is 0. The van der Waals surface area contributed by atoms with Gasteiger partial charge in [0.25, 0.3) is 0 Å². The van der Waals surface area contributed by atoms with Gasteiger partial charge in [-0.25, -0.2) is 0 Å². The Morgan fingerprint density at radius 2 is 2.32 bits per heavy atom. The molecule has 3 rings (SSSR count). The molecule has 3 heteroatoms. The number of benzene rings is 1. The molecule has 0 saturated heterocycles. The molecule has 0 aromatic heterocycles. The molecule has 0 fully saturated rings. The molecule has 1 aromatic rings. The second kappa shape index (κ2) is 4.72. The van der Waals surface area contributed by atoms with E-state index in [0.29, 0.717) is 17.9 Å². The summed E-state index contributed by atoms with van der Waals surface area (Å²) in [5.41, 5.74) is 2.46. The van der Waals surface area contributed by atoms with Crippen LogP contribution in [0.5, 0.6) is 0 Å². The fraction of sp³-hybridized carbons (Fsp3) is 0.438. The molecule has 3 nitrogen and oxygen atoms in total. The maximum atomic E-state index is 11.0. The lowest BCUT2D eigenvalue weighted by atomic mass is 9.77. The average Bonchev–Trinajstić information content (AvgIpc) is 2.88. The van der Waals surface area contributed by atoms with E-state index in [0.717, 1.165) is 30.5 Å². The molecule has 1 heterocycles. The molecule has 1 aliphatic heterocycles. The molecule has 0 amide bonds. The predicted molar refractivity (Wildman–Crippen MR) is 73.1 cm³/mol. The zero-order chi connectivity index (χ0) is 13.4. The highest BCUT2D eigenvalue weighted by molar-refractivity contribution is 5.87. The van der Waals surface area contributed by atoms with Crippen molar-refractivity contribution in [1.82, 2.24) is 0 Å². The van der Waals surface area contributed by atoms with Gasteiger partial charge in [0, 0.05) is 17.6 Å². The monoisotopic (exact) mass is 256 g/mol. The third-order valence-electron chi connectivity index (χ3n) is 4.32. The van der Waals surface area contributed by atoms with Crippen LogP contribution in [0.2, 0.25) is 0 Å². The van der Waals surface area contributed by atoms with E-state index in [2.05, 4.69) is 24.4 Å². The number of aromatic carboxylic acids is 1. The Morgan fingerprint density at radius 1 is 1.47 bits per heavy atom. The van der Waals surface area contributed by atoms with Crippen LogP contribution < -0.4 is 10.4 Å². The van der Waals surface area contributed by atoms with Crippen LogP contribution in [-0.4, -0.2) is 12.0 Å². The SMILES string of the molecule is CCCC1Nc2ccc(C(=O)[O-])cc2C2C=CCC12. The maximum absolute atomic E-state index is 11.0. The van der Waals surface area contributed by atoms with Crippen LogP contribution in [-0.2, 0) is 0 Å². The van der Waals surface area contributed by atoms with Crippen LogP contribution in [0.4, 0.5) is 5.69 Å². The minimum absolute atomic E-state index is 0.272. The van der Waals surface area contributed by atoms with Crippen molar-refractivity contribution in [2.24, 2.45) is 5.92 Å². The summed E-state index contributed by atoms with van der Waals surface area (Å²) in [6.07, 6.45) is 7.85. The van der Waals surface area contributed by atoms with Crippen molar-refractivity contribution in [3.05, 3.63) is 41.5 Å². The van der Waals surface area contributed by atoms with E-state index in [9.17, 15) is 9.90 Å². The number of carboxylic acids is 1. The number of anilines is 1. The Bertz CT molecular complexity index is 536. The summed E-state index contributed by atoms with van der Waals surface area (Å²) >= 11 is 0. The van der Waals surface area contributed by atoms with Gasteiger partial charge in [0.05, 0.1) is 5.97 Å². The first-order valence-electron chi connectivity index (χ1n) is 6.99. The highest BCUT2D eigenvalue weighted by atomic mass is 16.4. The molecule has 2 aliphatic rings. The van der Waals surface area contributed by atoms with Crippen molar-refractivity contribution in [3.63, 3.8) is 0 Å². The topological polar surface area (TPSA) is 52.2 Å². The lowest BCUT2D eigenvalue weighted by molar-refractivity contribution is -0.255. The highest BCUT2D eigenvalue weighted by Gasteiger charge is 2.36. The first-order valence-corrected chi connectivity index (χ1v) is 6.99. The molecule has 0 bridgehead atoms.